The van der Waals surface area contributed by atoms with Gasteiger partial charge in [-0.3, -0.25) is 9.69 Å². The Hall–Kier alpha value is -1.35. The minimum absolute atomic E-state index is 0.0430. The zero-order valence-electron chi connectivity index (χ0n) is 12.3. The van der Waals surface area contributed by atoms with E-state index in [1.807, 2.05) is 32.2 Å². The second kappa shape index (κ2) is 8.75. The Bertz CT molecular complexity index is 486. The van der Waals surface area contributed by atoms with E-state index in [1.165, 1.54) is 0 Å². The van der Waals surface area contributed by atoms with Gasteiger partial charge in [0.05, 0.1) is 6.54 Å². The van der Waals surface area contributed by atoms with Crippen LogP contribution in [0.2, 0.25) is 0 Å². The molecule has 0 unspecified atom stereocenters. The number of aliphatic hydroxyl groups is 1. The number of carbonyl (C=O) groups excluding carboxylic acids is 1. The third-order valence-corrected chi connectivity index (χ3v) is 3.58. The first-order chi connectivity index (χ1) is 9.56. The summed E-state index contributed by atoms with van der Waals surface area (Å²) in [5.41, 5.74) is 0.937. The van der Waals surface area contributed by atoms with Gasteiger partial charge in [-0.05, 0) is 31.8 Å². The van der Waals surface area contributed by atoms with Crippen LogP contribution >= 0.6 is 11.3 Å². The molecule has 1 amide bonds. The Morgan fingerprint density at radius 2 is 2.30 bits per heavy atom. The van der Waals surface area contributed by atoms with Gasteiger partial charge in [0.15, 0.2) is 0 Å². The summed E-state index contributed by atoms with van der Waals surface area (Å²) < 4.78 is 0. The molecular formula is C15H22N2O2S. The third-order valence-electron chi connectivity index (χ3n) is 2.68. The van der Waals surface area contributed by atoms with Crippen molar-refractivity contribution in [1.29, 1.82) is 0 Å². The van der Waals surface area contributed by atoms with Crippen molar-refractivity contribution in [3.8, 4) is 11.8 Å². The number of rotatable bonds is 6. The van der Waals surface area contributed by atoms with Gasteiger partial charge < -0.3 is 10.4 Å². The molecule has 0 aliphatic carbocycles. The van der Waals surface area contributed by atoms with Gasteiger partial charge in [0.1, 0.15) is 6.61 Å². The Labute approximate surface area is 124 Å². The predicted molar refractivity (Wildman–Crippen MR) is 82.5 cm³/mol. The molecule has 4 nitrogen and oxygen atoms in total. The summed E-state index contributed by atoms with van der Waals surface area (Å²) in [7, 11) is 0. The highest BCUT2D eigenvalue weighted by atomic mass is 32.1. The summed E-state index contributed by atoms with van der Waals surface area (Å²) in [5.74, 6) is 5.65. The van der Waals surface area contributed by atoms with E-state index in [1.54, 1.807) is 11.3 Å². The van der Waals surface area contributed by atoms with E-state index in [9.17, 15) is 4.79 Å². The van der Waals surface area contributed by atoms with Crippen molar-refractivity contribution in [3.05, 3.63) is 21.9 Å². The van der Waals surface area contributed by atoms with Gasteiger partial charge in [-0.25, -0.2) is 0 Å². The number of thiophene rings is 1. The molecule has 1 rings (SSSR count). The number of likely N-dealkylation sites (N-methyl/N-ethyl adjacent to an activating group) is 1. The SMILES string of the molecule is CCN(CC(=O)NC(C)C)Cc1sccc1C#CCO. The fourth-order valence-electron chi connectivity index (χ4n) is 1.76. The monoisotopic (exact) mass is 294 g/mol. The van der Waals surface area contributed by atoms with Crippen LogP contribution in [0, 0.1) is 11.8 Å². The number of hydrogen-bond acceptors (Lipinski definition) is 4. The number of hydrogen-bond donors (Lipinski definition) is 2. The van der Waals surface area contributed by atoms with Crippen molar-refractivity contribution in [2.24, 2.45) is 0 Å². The van der Waals surface area contributed by atoms with Gasteiger partial charge in [0, 0.05) is 23.0 Å². The molecule has 0 aliphatic heterocycles. The normalized spacial score (nSPS) is 10.5. The fraction of sp³-hybridized carbons (Fsp3) is 0.533. The number of nitrogens with zero attached hydrogens (tertiary/aromatic N) is 1. The maximum Gasteiger partial charge on any atom is 0.234 e. The number of nitrogens with one attached hydrogen (secondary N) is 1. The summed E-state index contributed by atoms with van der Waals surface area (Å²) in [6, 6.07) is 2.11. The molecule has 0 saturated carbocycles. The van der Waals surface area contributed by atoms with E-state index in [-0.39, 0.29) is 18.6 Å². The first-order valence-electron chi connectivity index (χ1n) is 6.74. The van der Waals surface area contributed by atoms with Crippen LogP contribution in [0.4, 0.5) is 0 Å². The van der Waals surface area contributed by atoms with Crippen molar-refractivity contribution >= 4 is 17.2 Å². The molecule has 0 bridgehead atoms. The maximum atomic E-state index is 11.8. The predicted octanol–water partition coefficient (Wildman–Crippen LogP) is 1.44. The van der Waals surface area contributed by atoms with E-state index >= 15 is 0 Å². The van der Waals surface area contributed by atoms with Gasteiger partial charge in [0.2, 0.25) is 5.91 Å². The minimum atomic E-state index is -0.135. The molecule has 1 aromatic heterocycles. The Kier molecular flexibility index (Phi) is 7.31. The van der Waals surface area contributed by atoms with E-state index in [2.05, 4.69) is 22.1 Å². The number of aliphatic hydroxyl groups excluding tert-OH is 1. The lowest BCUT2D eigenvalue weighted by atomic mass is 10.2. The molecule has 20 heavy (non-hydrogen) atoms. The van der Waals surface area contributed by atoms with E-state index < -0.39 is 0 Å². The molecule has 1 aromatic rings. The molecule has 5 heteroatoms. The van der Waals surface area contributed by atoms with Gasteiger partial charge in [-0.2, -0.15) is 0 Å². The molecule has 0 spiro atoms. The number of carbonyl (C=O) groups is 1. The Balaban J connectivity index is 2.64. The van der Waals surface area contributed by atoms with E-state index in [4.69, 9.17) is 5.11 Å². The highest BCUT2D eigenvalue weighted by Gasteiger charge is 2.12. The van der Waals surface area contributed by atoms with Crippen molar-refractivity contribution < 1.29 is 9.90 Å². The highest BCUT2D eigenvalue weighted by Crippen LogP contribution is 2.18. The highest BCUT2D eigenvalue weighted by molar-refractivity contribution is 7.10. The molecule has 0 saturated heterocycles. The van der Waals surface area contributed by atoms with Crippen LogP contribution in [0.1, 0.15) is 31.2 Å². The van der Waals surface area contributed by atoms with Gasteiger partial charge >= 0.3 is 0 Å². The van der Waals surface area contributed by atoms with Gasteiger partial charge in [0.25, 0.3) is 0 Å². The lowest BCUT2D eigenvalue weighted by Gasteiger charge is -2.20. The van der Waals surface area contributed by atoms with Crippen LogP contribution < -0.4 is 5.32 Å². The van der Waals surface area contributed by atoms with Crippen molar-refractivity contribution in [3.63, 3.8) is 0 Å². The number of amides is 1. The largest absolute Gasteiger partial charge is 0.384 e. The average Bonchev–Trinajstić information content (AvgIpc) is 2.81. The summed E-state index contributed by atoms with van der Waals surface area (Å²) in [6.45, 7) is 7.70. The Morgan fingerprint density at radius 1 is 1.55 bits per heavy atom. The van der Waals surface area contributed by atoms with Crippen molar-refractivity contribution in [2.45, 2.75) is 33.4 Å². The fourth-order valence-corrected chi connectivity index (χ4v) is 2.63. The molecule has 0 radical (unpaired) electrons. The standard InChI is InChI=1S/C15H22N2O2S/c1-4-17(11-15(19)16-12(2)3)10-14-13(6-5-8-18)7-9-20-14/h7,9,12,18H,4,8,10-11H2,1-3H3,(H,16,19). The molecule has 0 aliphatic rings. The molecule has 110 valence electrons. The molecule has 1 heterocycles. The topological polar surface area (TPSA) is 52.6 Å². The third kappa shape index (κ3) is 5.74. The van der Waals surface area contributed by atoms with Crippen LogP contribution in [-0.2, 0) is 11.3 Å². The lowest BCUT2D eigenvalue weighted by molar-refractivity contribution is -0.122. The quantitative estimate of drug-likeness (QED) is 0.781. The van der Waals surface area contributed by atoms with Crippen LogP contribution in [0.25, 0.3) is 0 Å². The second-order valence-electron chi connectivity index (χ2n) is 4.74. The molecule has 0 atom stereocenters. The van der Waals surface area contributed by atoms with Crippen LogP contribution in [-0.4, -0.2) is 41.7 Å². The summed E-state index contributed by atoms with van der Waals surface area (Å²) in [5, 5.41) is 13.6. The van der Waals surface area contributed by atoms with E-state index in [0.717, 1.165) is 17.0 Å². The van der Waals surface area contributed by atoms with Gasteiger partial charge in [-0.1, -0.05) is 18.8 Å². The van der Waals surface area contributed by atoms with Crippen molar-refractivity contribution in [1.82, 2.24) is 10.2 Å². The zero-order valence-corrected chi connectivity index (χ0v) is 13.1. The zero-order chi connectivity index (χ0) is 15.0. The first kappa shape index (κ1) is 16.7. The smallest absolute Gasteiger partial charge is 0.234 e. The lowest BCUT2D eigenvalue weighted by Crippen LogP contribution is -2.39. The molecule has 0 fully saturated rings. The summed E-state index contributed by atoms with van der Waals surface area (Å²) in [6.07, 6.45) is 0. The second-order valence-corrected chi connectivity index (χ2v) is 5.74. The maximum absolute atomic E-state index is 11.8. The first-order valence-corrected chi connectivity index (χ1v) is 7.62. The summed E-state index contributed by atoms with van der Waals surface area (Å²) in [4.78, 5) is 15.0. The van der Waals surface area contributed by atoms with Crippen LogP contribution in [0.3, 0.4) is 0 Å². The molecule has 0 aromatic carbocycles. The molecular weight excluding hydrogens is 272 g/mol. The minimum Gasteiger partial charge on any atom is -0.384 e. The van der Waals surface area contributed by atoms with Gasteiger partial charge in [-0.15, -0.1) is 11.3 Å². The molecule has 2 N–H and O–H groups in total. The van der Waals surface area contributed by atoms with Crippen molar-refractivity contribution in [2.75, 3.05) is 19.7 Å². The van der Waals surface area contributed by atoms with Crippen LogP contribution in [0.15, 0.2) is 11.4 Å². The Morgan fingerprint density at radius 3 is 2.90 bits per heavy atom. The average molecular weight is 294 g/mol. The van der Waals surface area contributed by atoms with E-state index in [0.29, 0.717) is 13.1 Å². The van der Waals surface area contributed by atoms with Crippen LogP contribution in [0.5, 0.6) is 0 Å². The summed E-state index contributed by atoms with van der Waals surface area (Å²) >= 11 is 1.63.